The van der Waals surface area contributed by atoms with Gasteiger partial charge in [0.25, 0.3) is 0 Å². The topological polar surface area (TPSA) is 179 Å². The molecular formula is C42H28Na4O10. The Labute approximate surface area is 412 Å². The van der Waals surface area contributed by atoms with Crippen LogP contribution in [0.2, 0.25) is 0 Å². The fraction of sp³-hybridized carbons (Fsp3) is 0.0476. The van der Waals surface area contributed by atoms with Crippen LogP contribution in [0.25, 0.3) is 11.1 Å². The third-order valence-corrected chi connectivity index (χ3v) is 8.02. The molecule has 0 amide bonds. The number of carbonyl (C=O) groups excluding carboxylic acids is 4. The molecule has 0 radical (unpaired) electrons. The maximum absolute atomic E-state index is 11.9. The van der Waals surface area contributed by atoms with Crippen molar-refractivity contribution in [3.8, 4) is 17.2 Å². The molecule has 14 heteroatoms. The summed E-state index contributed by atoms with van der Waals surface area (Å²) in [4.78, 5) is 46.4. The molecule has 10 nitrogen and oxygen atoms in total. The van der Waals surface area contributed by atoms with Gasteiger partial charge in [-0.25, -0.2) is 0 Å². The first-order valence-corrected chi connectivity index (χ1v) is 15.6. The number of benzene rings is 4. The van der Waals surface area contributed by atoms with E-state index in [0.29, 0.717) is 44.5 Å². The first-order valence-electron chi connectivity index (χ1n) is 15.6. The molecule has 0 bridgehead atoms. The summed E-state index contributed by atoms with van der Waals surface area (Å²) in [6, 6.07) is 23.4. The minimum absolute atomic E-state index is 0. The standard InChI is InChI=1S/C22H18O6.C20H14O4.4Na/c1-27-19-11-13(7-9-17(19)23)21(14-8-10-18(24)20(12-14)28-2)15-5-3-4-6-16(15)22(25)26;21-15-9-5-13(6-10-15)19(14-7-11-16(22)12-8-14)17-3-1-2-4-18(17)20(23)24;;;;/h3-12,23H,1-2H3,(H,25,26);1-12,21H,(H,23,24);;;;/q;;4*+1/p-4/b21-14-;;;;;. The molecule has 260 valence electrons. The Hall–Kier alpha value is -3.20. The van der Waals surface area contributed by atoms with Crippen molar-refractivity contribution in [3.63, 3.8) is 0 Å². The number of hydrogen-bond donors (Lipinski definition) is 0. The van der Waals surface area contributed by atoms with Gasteiger partial charge >= 0.3 is 118 Å². The summed E-state index contributed by atoms with van der Waals surface area (Å²) in [6.45, 7) is 0. The van der Waals surface area contributed by atoms with Gasteiger partial charge in [0, 0.05) is 11.1 Å². The normalized spacial score (nSPS) is 13.2. The summed E-state index contributed by atoms with van der Waals surface area (Å²) in [6.07, 6.45) is 10.5. The number of carbonyl (C=O) groups is 4. The van der Waals surface area contributed by atoms with Crippen LogP contribution >= 0.6 is 0 Å². The molecule has 56 heavy (non-hydrogen) atoms. The molecule has 2 aliphatic carbocycles. The molecule has 0 aromatic heterocycles. The van der Waals surface area contributed by atoms with Gasteiger partial charge in [0.2, 0.25) is 5.78 Å². The summed E-state index contributed by atoms with van der Waals surface area (Å²) < 4.78 is 10.2. The maximum atomic E-state index is 11.9. The third-order valence-electron chi connectivity index (χ3n) is 8.02. The van der Waals surface area contributed by atoms with Gasteiger partial charge in [0.05, 0.1) is 26.2 Å². The number of rotatable bonds is 8. The Morgan fingerprint density at radius 2 is 1.00 bits per heavy atom. The number of carboxylic acid groups (broad SMARTS) is 2. The Bertz CT molecular complexity index is 2270. The van der Waals surface area contributed by atoms with Crippen molar-refractivity contribution in [1.82, 2.24) is 0 Å². The molecular weight excluding hydrogens is 756 g/mol. The van der Waals surface area contributed by atoms with E-state index in [0.717, 1.165) is 0 Å². The molecule has 2 aliphatic rings. The summed E-state index contributed by atoms with van der Waals surface area (Å²) in [7, 11) is 2.76. The number of carboxylic acids is 2. The fourth-order valence-electron chi connectivity index (χ4n) is 5.60. The molecule has 4 aromatic rings. The van der Waals surface area contributed by atoms with Crippen molar-refractivity contribution in [3.05, 3.63) is 184 Å². The van der Waals surface area contributed by atoms with Gasteiger partial charge < -0.3 is 39.5 Å². The van der Waals surface area contributed by atoms with Crippen LogP contribution in [0.3, 0.4) is 0 Å². The van der Waals surface area contributed by atoms with Crippen LogP contribution in [0.15, 0.2) is 150 Å². The van der Waals surface area contributed by atoms with Crippen molar-refractivity contribution < 1.29 is 167 Å². The van der Waals surface area contributed by atoms with Gasteiger partial charge in [0.15, 0.2) is 11.5 Å². The monoisotopic (exact) mass is 784 g/mol. The van der Waals surface area contributed by atoms with E-state index in [-0.39, 0.29) is 164 Å². The van der Waals surface area contributed by atoms with Gasteiger partial charge in [-0.2, -0.15) is 0 Å². The summed E-state index contributed by atoms with van der Waals surface area (Å²) >= 11 is 0. The smallest absolute Gasteiger partial charge is 0.872 e. The molecule has 0 heterocycles. The minimum atomic E-state index is -1.34. The molecule has 0 fully saturated rings. The van der Waals surface area contributed by atoms with Crippen LogP contribution in [0.5, 0.6) is 17.2 Å². The summed E-state index contributed by atoms with van der Waals surface area (Å²) in [5, 5.41) is 46.4. The van der Waals surface area contributed by atoms with Crippen molar-refractivity contribution in [2.75, 3.05) is 14.2 Å². The number of methoxy groups -OCH3 is 2. The van der Waals surface area contributed by atoms with E-state index in [1.807, 2.05) is 0 Å². The van der Waals surface area contributed by atoms with Crippen LogP contribution in [0, 0.1) is 0 Å². The second-order valence-corrected chi connectivity index (χ2v) is 11.2. The number of ether oxygens (including phenoxy) is 2. The number of aromatic carboxylic acids is 2. The maximum Gasteiger partial charge on any atom is 1.00 e. The second-order valence-electron chi connectivity index (χ2n) is 11.2. The van der Waals surface area contributed by atoms with Crippen LogP contribution in [0.1, 0.15) is 43.0 Å². The van der Waals surface area contributed by atoms with Crippen molar-refractivity contribution in [2.45, 2.75) is 0 Å². The van der Waals surface area contributed by atoms with Gasteiger partial charge in [-0.05, 0) is 74.9 Å². The number of allylic oxidation sites excluding steroid dienone is 9. The predicted octanol–water partition coefficient (Wildman–Crippen LogP) is -8.76. The van der Waals surface area contributed by atoms with Crippen molar-refractivity contribution in [2.24, 2.45) is 0 Å². The molecule has 0 saturated carbocycles. The van der Waals surface area contributed by atoms with Gasteiger partial charge in [0.1, 0.15) is 5.75 Å². The zero-order valence-electron chi connectivity index (χ0n) is 31.8. The first kappa shape index (κ1) is 50.8. The molecule has 4 aromatic carbocycles. The quantitative estimate of drug-likeness (QED) is 0.156. The molecule has 0 spiro atoms. The largest absolute Gasteiger partial charge is 1.00 e. The molecule has 0 aliphatic heterocycles. The van der Waals surface area contributed by atoms with E-state index < -0.39 is 11.9 Å². The van der Waals surface area contributed by atoms with Gasteiger partial charge in [-0.1, -0.05) is 109 Å². The van der Waals surface area contributed by atoms with Crippen LogP contribution in [-0.2, 0) is 14.3 Å². The Morgan fingerprint density at radius 1 is 0.536 bits per heavy atom. The predicted molar refractivity (Wildman–Crippen MR) is 184 cm³/mol. The van der Waals surface area contributed by atoms with E-state index in [1.54, 1.807) is 72.8 Å². The molecule has 6 rings (SSSR count). The first-order chi connectivity index (χ1) is 25.0. The van der Waals surface area contributed by atoms with Gasteiger partial charge in [-0.3, -0.25) is 9.59 Å². The van der Waals surface area contributed by atoms with Gasteiger partial charge in [-0.15, -0.1) is 5.75 Å². The second kappa shape index (κ2) is 23.9. The van der Waals surface area contributed by atoms with E-state index in [2.05, 4.69) is 0 Å². The molecule has 0 atom stereocenters. The number of hydrogen-bond acceptors (Lipinski definition) is 10. The third kappa shape index (κ3) is 12.4. The van der Waals surface area contributed by atoms with Crippen molar-refractivity contribution >= 4 is 34.7 Å². The zero-order chi connectivity index (χ0) is 37.4. The Morgan fingerprint density at radius 3 is 1.48 bits per heavy atom. The Balaban J connectivity index is 0.000000527. The molecule has 0 saturated heterocycles. The van der Waals surface area contributed by atoms with E-state index in [4.69, 9.17) is 9.47 Å². The van der Waals surface area contributed by atoms with Crippen LogP contribution < -0.4 is 143 Å². The average Bonchev–Trinajstić information content (AvgIpc) is 3.15. The SMILES string of the molecule is COC1=C/C(=C(/c2ccc([O-])c(OC)c2)c2ccccc2C(=O)[O-])C=CC1=O.O=C1C=CC(=C(c2ccc([O-])cc2)c2ccccc2C(=O)[O-])C=C1.[Na+].[Na+].[Na+].[Na+]. The fourth-order valence-corrected chi connectivity index (χ4v) is 5.60. The van der Waals surface area contributed by atoms with E-state index in [9.17, 15) is 39.6 Å². The van der Waals surface area contributed by atoms with Crippen molar-refractivity contribution in [1.29, 1.82) is 0 Å². The minimum Gasteiger partial charge on any atom is -0.872 e. The summed E-state index contributed by atoms with van der Waals surface area (Å²) in [5.74, 6) is -3.27. The van der Waals surface area contributed by atoms with Crippen LogP contribution in [0.4, 0.5) is 0 Å². The molecule has 0 unspecified atom stereocenters. The molecule has 0 N–H and O–H groups in total. The van der Waals surface area contributed by atoms with Crippen LogP contribution in [-0.4, -0.2) is 37.7 Å². The summed E-state index contributed by atoms with van der Waals surface area (Å²) in [5.41, 5.74) is 4.45. The number of ketones is 2. The average molecular weight is 785 g/mol. The Kier molecular flexibility index (Phi) is 21.7. The van der Waals surface area contributed by atoms with E-state index in [1.165, 1.54) is 74.9 Å². The van der Waals surface area contributed by atoms with E-state index >= 15 is 0 Å². The zero-order valence-corrected chi connectivity index (χ0v) is 39.8.